The molecule has 1 amide bonds. The second-order valence-corrected chi connectivity index (χ2v) is 11.0. The van der Waals surface area contributed by atoms with E-state index in [1.807, 2.05) is 56.3 Å². The Kier molecular flexibility index (Phi) is 10.0. The van der Waals surface area contributed by atoms with Crippen molar-refractivity contribution in [2.45, 2.75) is 45.5 Å². The molecule has 10 nitrogen and oxygen atoms in total. The number of carbonyl (C=O) groups excluding carboxylic acids is 1. The van der Waals surface area contributed by atoms with Crippen LogP contribution in [0.4, 0.5) is 23.9 Å². The molecule has 1 atom stereocenters. The van der Waals surface area contributed by atoms with Crippen LogP contribution >= 0.6 is 11.3 Å². The third-order valence-electron chi connectivity index (χ3n) is 6.80. The molecule has 234 valence electrons. The summed E-state index contributed by atoms with van der Waals surface area (Å²) < 4.78 is 52.4. The quantitative estimate of drug-likeness (QED) is 0.258. The Morgan fingerprint density at radius 3 is 2.41 bits per heavy atom. The van der Waals surface area contributed by atoms with Crippen molar-refractivity contribution in [1.82, 2.24) is 4.98 Å². The Bertz CT molecular complexity index is 1550. The monoisotopic (exact) mass is 629 g/mol. The summed E-state index contributed by atoms with van der Waals surface area (Å²) in [6.07, 6.45) is -5.94. The predicted molar refractivity (Wildman–Crippen MR) is 166 cm³/mol. The first-order valence-electron chi connectivity index (χ1n) is 14.0. The summed E-state index contributed by atoms with van der Waals surface area (Å²) in [4.78, 5) is 27.8. The number of benzene rings is 2. The summed E-state index contributed by atoms with van der Waals surface area (Å²) in [5.41, 5.74) is 6.10. The number of para-hydroxylation sites is 1. The number of aliphatic imine (C=N–C) groups is 2. The summed E-state index contributed by atoms with van der Waals surface area (Å²) in [7, 11) is 0. The summed E-state index contributed by atoms with van der Waals surface area (Å²) in [5.74, 6) is -1.19. The van der Waals surface area contributed by atoms with E-state index in [2.05, 4.69) is 20.3 Å². The number of carbonyl (C=O) groups is 1. The Morgan fingerprint density at radius 1 is 1.11 bits per heavy atom. The molecule has 3 heterocycles. The zero-order valence-corrected chi connectivity index (χ0v) is 25.6. The number of nitrogens with zero attached hydrogens (tertiary/aromatic N) is 4. The van der Waals surface area contributed by atoms with Crippen molar-refractivity contribution in [3.63, 3.8) is 0 Å². The molecule has 2 aliphatic rings. The Hall–Kier alpha value is -4.30. The van der Waals surface area contributed by atoms with Gasteiger partial charge in [-0.25, -0.2) is 9.98 Å². The maximum atomic E-state index is 13.9. The molecule has 44 heavy (non-hydrogen) atoms. The van der Waals surface area contributed by atoms with Gasteiger partial charge in [-0.15, -0.1) is 0 Å². The normalized spacial score (nSPS) is 17.4. The zero-order chi connectivity index (χ0) is 32.1. The highest BCUT2D eigenvalue weighted by atomic mass is 32.1. The van der Waals surface area contributed by atoms with Gasteiger partial charge in [0.05, 0.1) is 24.6 Å². The van der Waals surface area contributed by atoms with Crippen LogP contribution in [-0.2, 0) is 19.7 Å². The van der Waals surface area contributed by atoms with E-state index in [1.165, 1.54) is 0 Å². The number of halogens is 3. The largest absolute Gasteiger partial charge is 0.405 e. The molecule has 2 aromatic carbocycles. The second kappa shape index (κ2) is 13.6. The van der Waals surface area contributed by atoms with E-state index in [0.29, 0.717) is 48.3 Å². The van der Waals surface area contributed by atoms with Crippen molar-refractivity contribution in [2.75, 3.05) is 36.5 Å². The fourth-order valence-electron chi connectivity index (χ4n) is 4.29. The summed E-state index contributed by atoms with van der Waals surface area (Å²) in [6.45, 7) is 7.60. The van der Waals surface area contributed by atoms with Crippen LogP contribution in [0.25, 0.3) is 0 Å². The van der Waals surface area contributed by atoms with Crippen LogP contribution in [0.15, 0.2) is 64.6 Å². The van der Waals surface area contributed by atoms with Crippen molar-refractivity contribution < 1.29 is 27.4 Å². The summed E-state index contributed by atoms with van der Waals surface area (Å²) in [5, 5.41) is 11.5. The molecule has 3 aromatic rings. The van der Waals surface area contributed by atoms with Gasteiger partial charge < -0.3 is 25.4 Å². The molecular formula is C30H34F3N7O3S. The molecule has 5 rings (SSSR count). The summed E-state index contributed by atoms with van der Waals surface area (Å²) >= 11 is 0.837. The molecule has 1 unspecified atom stereocenters. The number of morpholine rings is 1. The summed E-state index contributed by atoms with van der Waals surface area (Å²) in [6, 6.07) is 15.8. The predicted octanol–water partition coefficient (Wildman–Crippen LogP) is 5.32. The van der Waals surface area contributed by atoms with Crippen LogP contribution in [0.5, 0.6) is 0 Å². The fourth-order valence-corrected chi connectivity index (χ4v) is 5.53. The molecule has 0 bridgehead atoms. The van der Waals surface area contributed by atoms with Gasteiger partial charge in [0.1, 0.15) is 15.4 Å². The van der Waals surface area contributed by atoms with Crippen molar-refractivity contribution in [3.05, 3.63) is 76.4 Å². The van der Waals surface area contributed by atoms with E-state index >= 15 is 0 Å². The topological polar surface area (TPSA) is 138 Å². The lowest BCUT2D eigenvalue weighted by Gasteiger charge is -2.28. The standard InChI is InChI=1S/C28H28F3N7O3S.C2H6/c1-27(2,28(29,30)31)25-36-20(24(42-25)38-12-14-40-15-13-38)21(32)41-26(33)37-22-23(39)34-18-11-7-6-10-17(18)19(35-22)16-8-4-3-5-9-16;1-2/h3-11,22,32H,12-15H2,1-2H3,(H2,33,37)(H,34,39);1-2H3. The number of aromatic nitrogens is 1. The first-order valence-corrected chi connectivity index (χ1v) is 14.8. The first kappa shape index (κ1) is 32.6. The number of thiazole rings is 1. The molecule has 1 fully saturated rings. The van der Waals surface area contributed by atoms with Crippen molar-refractivity contribution in [2.24, 2.45) is 15.7 Å². The molecule has 0 radical (unpaired) electrons. The van der Waals surface area contributed by atoms with Crippen molar-refractivity contribution in [3.8, 4) is 0 Å². The SMILES string of the molecule is CC.CC(C)(c1nc(C(=N)O/C(N)=N/C2N=C(c3ccccc3)c3ccccc3NC2=O)c(N2CCOCC2)s1)C(F)(F)F. The van der Waals surface area contributed by atoms with Crippen LogP contribution in [0.3, 0.4) is 0 Å². The van der Waals surface area contributed by atoms with E-state index < -0.39 is 35.6 Å². The van der Waals surface area contributed by atoms with Crippen LogP contribution < -0.4 is 16.0 Å². The molecule has 2 aliphatic heterocycles. The Balaban J connectivity index is 0.00000216. The molecule has 1 aromatic heterocycles. The van der Waals surface area contributed by atoms with Gasteiger partial charge in [-0.1, -0.05) is 73.7 Å². The molecule has 0 spiro atoms. The van der Waals surface area contributed by atoms with E-state index in [1.54, 1.807) is 17.0 Å². The van der Waals surface area contributed by atoms with Gasteiger partial charge in [0.2, 0.25) is 12.1 Å². The third kappa shape index (κ3) is 6.91. The van der Waals surface area contributed by atoms with Gasteiger partial charge in [-0.3, -0.25) is 10.2 Å². The number of anilines is 2. The molecule has 1 saturated heterocycles. The van der Waals surface area contributed by atoms with Gasteiger partial charge in [0.25, 0.3) is 11.9 Å². The maximum absolute atomic E-state index is 13.9. The minimum atomic E-state index is -4.58. The minimum Gasteiger partial charge on any atom is -0.405 e. The molecule has 0 saturated carbocycles. The number of amides is 1. The van der Waals surface area contributed by atoms with Crippen LogP contribution in [0.1, 0.15) is 49.5 Å². The number of rotatable bonds is 5. The zero-order valence-electron chi connectivity index (χ0n) is 24.7. The molecule has 0 aliphatic carbocycles. The maximum Gasteiger partial charge on any atom is 0.400 e. The van der Waals surface area contributed by atoms with E-state index in [0.717, 1.165) is 30.7 Å². The van der Waals surface area contributed by atoms with Crippen LogP contribution in [-0.4, -0.2) is 67.2 Å². The van der Waals surface area contributed by atoms with E-state index in [-0.39, 0.29) is 10.7 Å². The fraction of sp³-hybridized carbons (Fsp3) is 0.367. The number of amidine groups is 1. The Morgan fingerprint density at radius 2 is 1.75 bits per heavy atom. The number of nitrogens with two attached hydrogens (primary N) is 1. The van der Waals surface area contributed by atoms with Gasteiger partial charge in [-0.05, 0) is 19.9 Å². The lowest BCUT2D eigenvalue weighted by atomic mass is 9.94. The van der Waals surface area contributed by atoms with Gasteiger partial charge >= 0.3 is 6.18 Å². The number of fused-ring (bicyclic) bond motifs is 1. The van der Waals surface area contributed by atoms with Crippen molar-refractivity contribution >= 4 is 45.6 Å². The molecular weight excluding hydrogens is 595 g/mol. The highest BCUT2D eigenvalue weighted by molar-refractivity contribution is 7.16. The molecule has 14 heteroatoms. The van der Waals surface area contributed by atoms with Gasteiger partial charge in [0.15, 0.2) is 5.69 Å². The number of nitrogens with one attached hydrogen (secondary N) is 2. The van der Waals surface area contributed by atoms with Crippen molar-refractivity contribution in [1.29, 1.82) is 5.41 Å². The van der Waals surface area contributed by atoms with Gasteiger partial charge in [0, 0.05) is 24.2 Å². The van der Waals surface area contributed by atoms with E-state index in [4.69, 9.17) is 20.6 Å². The minimum absolute atomic E-state index is 0.112. The second-order valence-electron chi connectivity index (χ2n) is 10.0. The first-order chi connectivity index (χ1) is 21.0. The lowest BCUT2D eigenvalue weighted by molar-refractivity contribution is -0.180. The van der Waals surface area contributed by atoms with Crippen LogP contribution in [0, 0.1) is 5.41 Å². The number of alkyl halides is 3. The number of hydrogen-bond acceptors (Lipinski definition) is 9. The average Bonchev–Trinajstić information content (AvgIpc) is 3.42. The highest BCUT2D eigenvalue weighted by Gasteiger charge is 2.51. The third-order valence-corrected chi connectivity index (χ3v) is 8.24. The van der Waals surface area contributed by atoms with Gasteiger partial charge in [-0.2, -0.15) is 18.2 Å². The Labute approximate surface area is 257 Å². The average molecular weight is 630 g/mol. The highest BCUT2D eigenvalue weighted by Crippen LogP contribution is 2.45. The smallest absolute Gasteiger partial charge is 0.400 e. The molecule has 4 N–H and O–H groups in total. The van der Waals surface area contributed by atoms with E-state index in [9.17, 15) is 18.0 Å². The number of hydrogen-bond donors (Lipinski definition) is 3. The lowest BCUT2D eigenvalue weighted by Crippen LogP contribution is -2.37. The number of ether oxygens (including phenoxy) is 2. The van der Waals surface area contributed by atoms with Crippen LogP contribution in [0.2, 0.25) is 0 Å². The number of benzodiazepines with no additional fused rings is 1.